The molecule has 0 aliphatic rings. The van der Waals surface area contributed by atoms with E-state index >= 15 is 0 Å². The highest BCUT2D eigenvalue weighted by molar-refractivity contribution is 6.36. The minimum atomic E-state index is -1.06. The fraction of sp³-hybridized carbons (Fsp3) is 0. The molecule has 7 heteroatoms. The number of hydrogen-bond donors (Lipinski definition) is 2. The predicted molar refractivity (Wildman–Crippen MR) is 72.4 cm³/mol. The van der Waals surface area contributed by atoms with Crippen molar-refractivity contribution < 1.29 is 18.7 Å². The molecule has 2 N–H and O–H groups in total. The van der Waals surface area contributed by atoms with Crippen LogP contribution in [0.1, 0.15) is 10.4 Å². The van der Waals surface area contributed by atoms with Gasteiger partial charge in [0.1, 0.15) is 17.2 Å². The van der Waals surface area contributed by atoms with E-state index in [1.807, 2.05) is 0 Å². The summed E-state index contributed by atoms with van der Waals surface area (Å²) < 4.78 is 26.9. The molecule has 0 aliphatic heterocycles. The molecule has 0 aromatic heterocycles. The summed E-state index contributed by atoms with van der Waals surface area (Å²) in [5, 5.41) is 11.9. The molecule has 3 nitrogen and oxygen atoms in total. The van der Waals surface area contributed by atoms with Crippen LogP contribution < -0.4 is 5.32 Å². The summed E-state index contributed by atoms with van der Waals surface area (Å²) in [6.07, 6.45) is 0. The third-order valence-electron chi connectivity index (χ3n) is 2.47. The van der Waals surface area contributed by atoms with E-state index in [0.29, 0.717) is 0 Å². The molecule has 2 rings (SSSR count). The summed E-state index contributed by atoms with van der Waals surface area (Å²) in [6.45, 7) is 0. The highest BCUT2D eigenvalue weighted by Crippen LogP contribution is 2.35. The van der Waals surface area contributed by atoms with Gasteiger partial charge in [0.15, 0.2) is 5.75 Å². The minimum absolute atomic E-state index is 0.0956. The molecule has 0 saturated carbocycles. The quantitative estimate of drug-likeness (QED) is 0.814. The van der Waals surface area contributed by atoms with Gasteiger partial charge in [-0.3, -0.25) is 4.79 Å². The summed E-state index contributed by atoms with van der Waals surface area (Å²) >= 11 is 11.4. The van der Waals surface area contributed by atoms with Gasteiger partial charge in [-0.05, 0) is 24.3 Å². The van der Waals surface area contributed by atoms with Gasteiger partial charge >= 0.3 is 0 Å². The van der Waals surface area contributed by atoms with Crippen molar-refractivity contribution in [2.24, 2.45) is 0 Å². The number of carbonyl (C=O) groups excluding carboxylic acids is 1. The zero-order valence-electron chi connectivity index (χ0n) is 9.75. The van der Waals surface area contributed by atoms with Crippen molar-refractivity contribution in [3.63, 3.8) is 0 Å². The molecule has 2 aromatic rings. The van der Waals surface area contributed by atoms with Crippen LogP contribution in [0.25, 0.3) is 0 Å². The van der Waals surface area contributed by atoms with Crippen molar-refractivity contribution in [1.82, 2.24) is 0 Å². The number of rotatable bonds is 2. The lowest BCUT2D eigenvalue weighted by Crippen LogP contribution is -2.16. The third kappa shape index (κ3) is 2.84. The van der Waals surface area contributed by atoms with Crippen LogP contribution in [0.2, 0.25) is 10.0 Å². The molecule has 0 atom stereocenters. The minimum Gasteiger partial charge on any atom is -0.504 e. The van der Waals surface area contributed by atoms with Crippen molar-refractivity contribution in [3.05, 3.63) is 57.6 Å². The molecular weight excluding hydrogens is 311 g/mol. The van der Waals surface area contributed by atoms with Gasteiger partial charge in [0.05, 0.1) is 10.7 Å². The molecule has 0 unspecified atom stereocenters. The van der Waals surface area contributed by atoms with E-state index in [4.69, 9.17) is 23.2 Å². The van der Waals surface area contributed by atoms with Gasteiger partial charge in [0, 0.05) is 5.02 Å². The molecular formula is C13H7Cl2F2NO2. The largest absolute Gasteiger partial charge is 0.504 e. The SMILES string of the molecule is O=C(Nc1cc(Cl)cc(Cl)c1O)c1c(F)cccc1F. The number of benzene rings is 2. The van der Waals surface area contributed by atoms with Crippen LogP contribution in [-0.2, 0) is 0 Å². The highest BCUT2D eigenvalue weighted by Gasteiger charge is 2.19. The van der Waals surface area contributed by atoms with Crippen molar-refractivity contribution in [3.8, 4) is 5.75 Å². The van der Waals surface area contributed by atoms with Gasteiger partial charge in [-0.1, -0.05) is 29.3 Å². The smallest absolute Gasteiger partial charge is 0.261 e. The number of phenolic OH excluding ortho intramolecular Hbond substituents is 1. The van der Waals surface area contributed by atoms with Crippen molar-refractivity contribution in [2.45, 2.75) is 0 Å². The molecule has 104 valence electrons. The summed E-state index contributed by atoms with van der Waals surface area (Å²) in [6, 6.07) is 5.50. The molecule has 0 fully saturated rings. The number of phenols is 1. The molecule has 1 amide bonds. The van der Waals surface area contributed by atoms with Gasteiger partial charge < -0.3 is 10.4 Å². The number of amides is 1. The standard InChI is InChI=1S/C13H7Cl2F2NO2/c14-6-4-7(15)12(19)10(5-6)18-13(20)11-8(16)2-1-3-9(11)17/h1-5,19H,(H,18,20). The van der Waals surface area contributed by atoms with Gasteiger partial charge in [-0.15, -0.1) is 0 Å². The highest BCUT2D eigenvalue weighted by atomic mass is 35.5. The van der Waals surface area contributed by atoms with Crippen LogP contribution >= 0.6 is 23.2 Å². The Labute approximate surface area is 122 Å². The number of anilines is 1. The Morgan fingerprint density at radius 1 is 1.15 bits per heavy atom. The molecule has 0 bridgehead atoms. The van der Waals surface area contributed by atoms with Crippen LogP contribution in [0.3, 0.4) is 0 Å². The van der Waals surface area contributed by atoms with Crippen LogP contribution in [-0.4, -0.2) is 11.0 Å². The Bertz CT molecular complexity index is 672. The maximum atomic E-state index is 13.4. The molecule has 0 saturated heterocycles. The monoisotopic (exact) mass is 317 g/mol. The van der Waals surface area contributed by atoms with Gasteiger partial charge in [-0.25, -0.2) is 8.78 Å². The maximum absolute atomic E-state index is 13.4. The Morgan fingerprint density at radius 2 is 1.75 bits per heavy atom. The Hall–Kier alpha value is -1.85. The first kappa shape index (κ1) is 14.6. The van der Waals surface area contributed by atoms with Crippen LogP contribution in [0.4, 0.5) is 14.5 Å². The van der Waals surface area contributed by atoms with Crippen LogP contribution in [0, 0.1) is 11.6 Å². The molecule has 2 aromatic carbocycles. The molecule has 20 heavy (non-hydrogen) atoms. The summed E-state index contributed by atoms with van der Waals surface area (Å²) in [4.78, 5) is 11.8. The average molecular weight is 318 g/mol. The van der Waals surface area contributed by atoms with E-state index in [9.17, 15) is 18.7 Å². The van der Waals surface area contributed by atoms with Crippen LogP contribution in [0.5, 0.6) is 5.75 Å². The lowest BCUT2D eigenvalue weighted by Gasteiger charge is -2.10. The van der Waals surface area contributed by atoms with Gasteiger partial charge in [0.2, 0.25) is 0 Å². The molecule has 0 spiro atoms. The molecule has 0 heterocycles. The fourth-order valence-corrected chi connectivity index (χ4v) is 2.05. The zero-order chi connectivity index (χ0) is 14.9. The number of nitrogens with one attached hydrogen (secondary N) is 1. The molecule has 0 radical (unpaired) electrons. The van der Waals surface area contributed by atoms with E-state index in [2.05, 4.69) is 5.32 Å². The lowest BCUT2D eigenvalue weighted by molar-refractivity contribution is 0.101. The zero-order valence-corrected chi connectivity index (χ0v) is 11.3. The van der Waals surface area contributed by atoms with Gasteiger partial charge in [-0.2, -0.15) is 0 Å². The fourth-order valence-electron chi connectivity index (χ4n) is 1.56. The second-order valence-corrected chi connectivity index (χ2v) is 4.68. The number of aromatic hydroxyl groups is 1. The number of hydrogen-bond acceptors (Lipinski definition) is 2. The van der Waals surface area contributed by atoms with Crippen LogP contribution in [0.15, 0.2) is 30.3 Å². The Kier molecular flexibility index (Phi) is 4.11. The summed E-state index contributed by atoms with van der Waals surface area (Å²) in [5.41, 5.74) is -0.904. The lowest BCUT2D eigenvalue weighted by atomic mass is 10.1. The van der Waals surface area contributed by atoms with Crippen molar-refractivity contribution in [2.75, 3.05) is 5.32 Å². The van der Waals surface area contributed by atoms with Gasteiger partial charge in [0.25, 0.3) is 5.91 Å². The second kappa shape index (κ2) is 5.64. The Morgan fingerprint density at radius 3 is 2.35 bits per heavy atom. The van der Waals surface area contributed by atoms with E-state index in [0.717, 1.165) is 18.2 Å². The van der Waals surface area contributed by atoms with E-state index in [1.165, 1.54) is 12.1 Å². The number of halogens is 4. The van der Waals surface area contributed by atoms with Crippen molar-refractivity contribution >= 4 is 34.8 Å². The number of carbonyl (C=O) groups is 1. The average Bonchev–Trinajstić information content (AvgIpc) is 2.35. The first-order valence-electron chi connectivity index (χ1n) is 5.33. The Balaban J connectivity index is 2.38. The van der Waals surface area contributed by atoms with E-state index in [1.54, 1.807) is 0 Å². The normalized spacial score (nSPS) is 10.4. The predicted octanol–water partition coefficient (Wildman–Crippen LogP) is 4.23. The summed E-state index contributed by atoms with van der Waals surface area (Å²) in [7, 11) is 0. The maximum Gasteiger partial charge on any atom is 0.261 e. The van der Waals surface area contributed by atoms with Crippen molar-refractivity contribution in [1.29, 1.82) is 0 Å². The molecule has 0 aliphatic carbocycles. The summed E-state index contributed by atoms with van der Waals surface area (Å²) in [5.74, 6) is -3.54. The van der Waals surface area contributed by atoms with E-state index in [-0.39, 0.29) is 15.7 Å². The first-order valence-corrected chi connectivity index (χ1v) is 6.09. The third-order valence-corrected chi connectivity index (χ3v) is 2.97. The second-order valence-electron chi connectivity index (χ2n) is 3.83. The van der Waals surface area contributed by atoms with E-state index < -0.39 is 28.9 Å². The topological polar surface area (TPSA) is 49.3 Å². The first-order chi connectivity index (χ1) is 9.40.